The number of nitrogens with one attached hydrogen (secondary N) is 1. The molecule has 1 rings (SSSR count). The fraction of sp³-hybridized carbons (Fsp3) is 0.529. The Morgan fingerprint density at radius 3 is 2.43 bits per heavy atom. The van der Waals surface area contributed by atoms with Crippen molar-refractivity contribution in [2.24, 2.45) is 11.8 Å². The highest BCUT2D eigenvalue weighted by Gasteiger charge is 2.10. The van der Waals surface area contributed by atoms with Crippen LogP contribution in [0.3, 0.4) is 0 Å². The molecule has 0 aliphatic heterocycles. The first-order chi connectivity index (χ1) is 10.9. The van der Waals surface area contributed by atoms with Gasteiger partial charge in [0.2, 0.25) is 0 Å². The first-order valence-electron chi connectivity index (χ1n) is 7.71. The van der Waals surface area contributed by atoms with Crippen molar-refractivity contribution in [3.8, 4) is 11.5 Å². The monoisotopic (exact) mass is 323 g/mol. The molecule has 1 unspecified atom stereocenters. The van der Waals surface area contributed by atoms with Gasteiger partial charge in [0.25, 0.3) is 5.91 Å². The van der Waals surface area contributed by atoms with Crippen molar-refractivity contribution in [1.82, 2.24) is 5.32 Å². The molecule has 0 heterocycles. The topological polar surface area (TPSA) is 84.9 Å². The van der Waals surface area contributed by atoms with Gasteiger partial charge in [0.1, 0.15) is 11.5 Å². The minimum absolute atomic E-state index is 0.0242. The fourth-order valence-electron chi connectivity index (χ4n) is 1.77. The summed E-state index contributed by atoms with van der Waals surface area (Å²) in [7, 11) is 0. The van der Waals surface area contributed by atoms with Crippen LogP contribution in [0, 0.1) is 11.8 Å². The number of benzene rings is 1. The van der Waals surface area contributed by atoms with E-state index in [0.717, 1.165) is 0 Å². The lowest BCUT2D eigenvalue weighted by Gasteiger charge is -2.12. The Balaban J connectivity index is 2.35. The number of ether oxygens (including phenoxy) is 2. The van der Waals surface area contributed by atoms with Crippen LogP contribution in [0.1, 0.15) is 27.2 Å². The van der Waals surface area contributed by atoms with Crippen LogP contribution < -0.4 is 14.8 Å². The molecule has 0 spiro atoms. The smallest absolute Gasteiger partial charge is 0.303 e. The highest BCUT2D eigenvalue weighted by molar-refractivity contribution is 5.77. The van der Waals surface area contributed by atoms with Gasteiger partial charge in [-0.25, -0.2) is 0 Å². The Labute approximate surface area is 136 Å². The van der Waals surface area contributed by atoms with Crippen molar-refractivity contribution in [3.63, 3.8) is 0 Å². The zero-order valence-corrected chi connectivity index (χ0v) is 13.9. The van der Waals surface area contributed by atoms with Gasteiger partial charge in [-0.3, -0.25) is 9.59 Å². The van der Waals surface area contributed by atoms with Gasteiger partial charge in [-0.15, -0.1) is 0 Å². The Morgan fingerprint density at radius 1 is 1.17 bits per heavy atom. The van der Waals surface area contributed by atoms with Gasteiger partial charge >= 0.3 is 5.97 Å². The molecule has 2 N–H and O–H groups in total. The Kier molecular flexibility index (Phi) is 7.94. The van der Waals surface area contributed by atoms with Gasteiger partial charge in [-0.05, 0) is 24.0 Å². The summed E-state index contributed by atoms with van der Waals surface area (Å²) in [5.41, 5.74) is 0. The summed E-state index contributed by atoms with van der Waals surface area (Å²) in [6.45, 7) is 6.71. The number of aliphatic carboxylic acids is 1. The zero-order valence-electron chi connectivity index (χ0n) is 13.9. The molecule has 0 aliphatic rings. The van der Waals surface area contributed by atoms with E-state index >= 15 is 0 Å². The number of carboxylic acids is 1. The van der Waals surface area contributed by atoms with Crippen LogP contribution in [0.2, 0.25) is 0 Å². The van der Waals surface area contributed by atoms with Crippen LogP contribution >= 0.6 is 0 Å². The number of hydrogen-bond donors (Lipinski definition) is 2. The number of hydrogen-bond acceptors (Lipinski definition) is 4. The predicted octanol–water partition coefficient (Wildman–Crippen LogP) is 2.33. The molecule has 0 saturated heterocycles. The molecule has 1 amide bonds. The lowest BCUT2D eigenvalue weighted by Crippen LogP contribution is -2.33. The van der Waals surface area contributed by atoms with Gasteiger partial charge in [0.05, 0.1) is 6.61 Å². The normalized spacial score (nSPS) is 11.8. The maximum atomic E-state index is 11.7. The third kappa shape index (κ3) is 8.70. The Morgan fingerprint density at radius 2 is 1.83 bits per heavy atom. The van der Waals surface area contributed by atoms with Crippen LogP contribution in [0.5, 0.6) is 11.5 Å². The van der Waals surface area contributed by atoms with Crippen molar-refractivity contribution in [2.45, 2.75) is 27.2 Å². The van der Waals surface area contributed by atoms with Gasteiger partial charge in [-0.1, -0.05) is 26.8 Å². The standard InChI is InChI=1S/C17H25NO5/c1-12(2)10-22-14-5-4-6-15(8-14)23-11-16(19)18-9-13(3)7-17(20)21/h4-6,8,12-13H,7,9-11H2,1-3H3,(H,18,19)(H,20,21). The minimum atomic E-state index is -0.874. The van der Waals surface area contributed by atoms with E-state index in [0.29, 0.717) is 30.6 Å². The Hall–Kier alpha value is -2.24. The summed E-state index contributed by atoms with van der Waals surface area (Å²) in [5, 5.41) is 11.3. The van der Waals surface area contributed by atoms with E-state index in [4.69, 9.17) is 14.6 Å². The van der Waals surface area contributed by atoms with Crippen LogP contribution in [0.25, 0.3) is 0 Å². The van der Waals surface area contributed by atoms with Crippen LogP contribution in [0.15, 0.2) is 24.3 Å². The largest absolute Gasteiger partial charge is 0.493 e. The maximum absolute atomic E-state index is 11.7. The van der Waals surface area contributed by atoms with Gasteiger partial charge < -0.3 is 19.9 Å². The molecular formula is C17H25NO5. The van der Waals surface area contributed by atoms with E-state index in [-0.39, 0.29) is 24.9 Å². The molecule has 0 aromatic heterocycles. The van der Waals surface area contributed by atoms with Crippen LogP contribution in [-0.4, -0.2) is 36.7 Å². The molecule has 6 nitrogen and oxygen atoms in total. The summed E-state index contributed by atoms with van der Waals surface area (Å²) < 4.78 is 11.0. The van der Waals surface area contributed by atoms with Gasteiger partial charge in [0.15, 0.2) is 6.61 Å². The molecule has 0 fully saturated rings. The van der Waals surface area contributed by atoms with Crippen LogP contribution in [0.4, 0.5) is 0 Å². The second-order valence-corrected chi connectivity index (χ2v) is 5.98. The molecule has 1 aromatic rings. The fourth-order valence-corrected chi connectivity index (χ4v) is 1.77. The molecule has 0 saturated carbocycles. The van der Waals surface area contributed by atoms with Crippen molar-refractivity contribution < 1.29 is 24.2 Å². The minimum Gasteiger partial charge on any atom is -0.493 e. The first kappa shape index (κ1) is 18.8. The number of rotatable bonds is 10. The van der Waals surface area contributed by atoms with E-state index in [1.165, 1.54) is 0 Å². The molecule has 1 atom stereocenters. The van der Waals surface area contributed by atoms with Crippen molar-refractivity contribution in [2.75, 3.05) is 19.8 Å². The lowest BCUT2D eigenvalue weighted by atomic mass is 10.1. The van der Waals surface area contributed by atoms with Gasteiger partial charge in [-0.2, -0.15) is 0 Å². The summed E-state index contributed by atoms with van der Waals surface area (Å²) in [6.07, 6.45) is 0.0242. The molecule has 0 bridgehead atoms. The van der Waals surface area contributed by atoms with E-state index in [9.17, 15) is 9.59 Å². The second kappa shape index (κ2) is 9.71. The SMILES string of the molecule is CC(C)COc1cccc(OCC(=O)NCC(C)CC(=O)O)c1. The number of amides is 1. The number of carbonyl (C=O) groups excluding carboxylic acids is 1. The molecular weight excluding hydrogens is 298 g/mol. The van der Waals surface area contributed by atoms with E-state index in [1.807, 2.05) is 6.07 Å². The Bertz CT molecular complexity index is 515. The third-order valence-electron chi connectivity index (χ3n) is 2.93. The van der Waals surface area contributed by atoms with Crippen LogP contribution in [-0.2, 0) is 9.59 Å². The maximum Gasteiger partial charge on any atom is 0.303 e. The highest BCUT2D eigenvalue weighted by Crippen LogP contribution is 2.19. The zero-order chi connectivity index (χ0) is 17.2. The molecule has 23 heavy (non-hydrogen) atoms. The van der Waals surface area contributed by atoms with E-state index in [2.05, 4.69) is 19.2 Å². The lowest BCUT2D eigenvalue weighted by molar-refractivity contribution is -0.138. The molecule has 0 radical (unpaired) electrons. The molecule has 1 aromatic carbocycles. The highest BCUT2D eigenvalue weighted by atomic mass is 16.5. The predicted molar refractivity (Wildman–Crippen MR) is 86.7 cm³/mol. The molecule has 128 valence electrons. The summed E-state index contributed by atoms with van der Waals surface area (Å²) in [4.78, 5) is 22.2. The molecule has 6 heteroatoms. The average Bonchev–Trinajstić information content (AvgIpc) is 2.48. The van der Waals surface area contributed by atoms with E-state index in [1.54, 1.807) is 25.1 Å². The molecule has 0 aliphatic carbocycles. The van der Waals surface area contributed by atoms with E-state index < -0.39 is 5.97 Å². The summed E-state index contributed by atoms with van der Waals surface area (Å²) in [6, 6.07) is 7.13. The van der Waals surface area contributed by atoms with Crippen molar-refractivity contribution in [1.29, 1.82) is 0 Å². The van der Waals surface area contributed by atoms with Crippen molar-refractivity contribution in [3.05, 3.63) is 24.3 Å². The second-order valence-electron chi connectivity index (χ2n) is 5.98. The summed E-state index contributed by atoms with van der Waals surface area (Å²) in [5.74, 6) is 0.408. The number of carbonyl (C=O) groups is 2. The first-order valence-corrected chi connectivity index (χ1v) is 7.71. The average molecular weight is 323 g/mol. The quantitative estimate of drug-likeness (QED) is 0.690. The third-order valence-corrected chi connectivity index (χ3v) is 2.93. The summed E-state index contributed by atoms with van der Waals surface area (Å²) >= 11 is 0. The number of carboxylic acid groups (broad SMARTS) is 1. The van der Waals surface area contributed by atoms with Gasteiger partial charge in [0, 0.05) is 19.0 Å². The van der Waals surface area contributed by atoms with Crippen molar-refractivity contribution >= 4 is 11.9 Å².